The van der Waals surface area contributed by atoms with E-state index in [1.54, 1.807) is 0 Å². The molecule has 0 bridgehead atoms. The lowest BCUT2D eigenvalue weighted by atomic mass is 9.80. The van der Waals surface area contributed by atoms with E-state index in [0.717, 1.165) is 28.6 Å². The molecule has 0 radical (unpaired) electrons. The van der Waals surface area contributed by atoms with Crippen LogP contribution in [0.2, 0.25) is 0 Å². The number of hydrogen-bond acceptors (Lipinski definition) is 3. The van der Waals surface area contributed by atoms with Gasteiger partial charge in [-0.2, -0.15) is 0 Å². The molecule has 1 fully saturated rings. The summed E-state index contributed by atoms with van der Waals surface area (Å²) in [5.41, 5.74) is 8.46. The number of rotatable bonds is 3. The molecule has 0 saturated heterocycles. The maximum Gasteiger partial charge on any atom is 0.201 e. The zero-order valence-electron chi connectivity index (χ0n) is 10.0. The lowest BCUT2D eigenvalue weighted by Gasteiger charge is -2.31. The molecule has 1 unspecified atom stereocenters. The number of anilines is 2. The minimum absolute atomic E-state index is 0.488. The fraction of sp³-hybridized carbons (Fsp3) is 0.462. The highest BCUT2D eigenvalue weighted by atomic mass is 15.1. The van der Waals surface area contributed by atoms with Gasteiger partial charge in [0.1, 0.15) is 0 Å². The summed E-state index contributed by atoms with van der Waals surface area (Å²) in [6, 6.07) is 6.23. The Morgan fingerprint density at radius 1 is 1.47 bits per heavy atom. The molecule has 0 spiro atoms. The number of hydrogen-bond donors (Lipinski definition) is 3. The quantitative estimate of drug-likeness (QED) is 0.710. The molecule has 3 rings (SSSR count). The molecule has 4 N–H and O–H groups in total. The number of benzene rings is 1. The number of nitrogen functional groups attached to an aromatic ring is 1. The van der Waals surface area contributed by atoms with Gasteiger partial charge in [0, 0.05) is 11.7 Å². The molecule has 17 heavy (non-hydrogen) atoms. The number of nitrogens with two attached hydrogens (primary N) is 1. The van der Waals surface area contributed by atoms with Crippen LogP contribution in [0.4, 0.5) is 11.6 Å². The van der Waals surface area contributed by atoms with Gasteiger partial charge in [0.05, 0.1) is 11.0 Å². The van der Waals surface area contributed by atoms with Gasteiger partial charge in [0.2, 0.25) is 5.95 Å². The van der Waals surface area contributed by atoms with Gasteiger partial charge in [-0.1, -0.05) is 6.42 Å². The average Bonchev–Trinajstić information content (AvgIpc) is 2.55. The third-order valence-electron chi connectivity index (χ3n) is 3.73. The maximum absolute atomic E-state index is 5.75. The SMILES string of the molecule is CC(Nc1nc2ccc(N)cc2[nH]1)C1CCC1. The number of imidazole rings is 1. The summed E-state index contributed by atoms with van der Waals surface area (Å²) in [7, 11) is 0. The van der Waals surface area contributed by atoms with Crippen LogP contribution in [-0.2, 0) is 0 Å². The smallest absolute Gasteiger partial charge is 0.201 e. The Hall–Kier alpha value is -1.71. The highest BCUT2D eigenvalue weighted by molar-refractivity contribution is 5.80. The number of aromatic nitrogens is 2. The highest BCUT2D eigenvalue weighted by Crippen LogP contribution is 2.30. The fourth-order valence-electron chi connectivity index (χ4n) is 2.37. The van der Waals surface area contributed by atoms with Crippen molar-refractivity contribution in [1.82, 2.24) is 9.97 Å². The average molecular weight is 230 g/mol. The zero-order chi connectivity index (χ0) is 11.8. The normalized spacial score (nSPS) is 17.9. The molecule has 0 amide bonds. The topological polar surface area (TPSA) is 66.7 Å². The molecule has 1 saturated carbocycles. The summed E-state index contributed by atoms with van der Waals surface area (Å²) in [5, 5.41) is 3.45. The molecule has 1 aliphatic rings. The summed E-state index contributed by atoms with van der Waals surface area (Å²) in [6.45, 7) is 2.23. The van der Waals surface area contributed by atoms with Crippen LogP contribution in [0.1, 0.15) is 26.2 Å². The van der Waals surface area contributed by atoms with Crippen molar-refractivity contribution in [3.05, 3.63) is 18.2 Å². The van der Waals surface area contributed by atoms with E-state index in [4.69, 9.17) is 5.73 Å². The summed E-state index contributed by atoms with van der Waals surface area (Å²) < 4.78 is 0. The molecule has 1 aromatic carbocycles. The first kappa shape index (κ1) is 10.4. The third-order valence-corrected chi connectivity index (χ3v) is 3.73. The van der Waals surface area contributed by atoms with E-state index in [9.17, 15) is 0 Å². The predicted molar refractivity (Wildman–Crippen MR) is 70.9 cm³/mol. The van der Waals surface area contributed by atoms with Gasteiger partial charge in [0.25, 0.3) is 0 Å². The Morgan fingerprint density at radius 3 is 3.00 bits per heavy atom. The minimum Gasteiger partial charge on any atom is -0.399 e. The van der Waals surface area contributed by atoms with Gasteiger partial charge in [-0.05, 0) is 43.9 Å². The summed E-state index contributed by atoms with van der Waals surface area (Å²) in [6.07, 6.45) is 4.04. The predicted octanol–water partition coefficient (Wildman–Crippen LogP) is 2.75. The van der Waals surface area contributed by atoms with Crippen molar-refractivity contribution in [3.8, 4) is 0 Å². The van der Waals surface area contributed by atoms with Gasteiger partial charge in [-0.25, -0.2) is 4.98 Å². The van der Waals surface area contributed by atoms with Gasteiger partial charge < -0.3 is 16.0 Å². The van der Waals surface area contributed by atoms with E-state index in [1.807, 2.05) is 18.2 Å². The van der Waals surface area contributed by atoms with E-state index in [1.165, 1.54) is 19.3 Å². The van der Waals surface area contributed by atoms with Crippen LogP contribution >= 0.6 is 0 Å². The van der Waals surface area contributed by atoms with Crippen molar-refractivity contribution in [3.63, 3.8) is 0 Å². The molecule has 4 nitrogen and oxygen atoms in total. The lowest BCUT2D eigenvalue weighted by molar-refractivity contribution is 0.284. The second-order valence-corrected chi connectivity index (χ2v) is 4.99. The second kappa shape index (κ2) is 3.95. The first-order valence-electron chi connectivity index (χ1n) is 6.24. The number of H-pyrrole nitrogens is 1. The molecule has 2 aromatic rings. The summed E-state index contributed by atoms with van der Waals surface area (Å²) >= 11 is 0. The largest absolute Gasteiger partial charge is 0.399 e. The van der Waals surface area contributed by atoms with Gasteiger partial charge in [0.15, 0.2) is 0 Å². The van der Waals surface area contributed by atoms with Crippen LogP contribution in [0.25, 0.3) is 11.0 Å². The van der Waals surface area contributed by atoms with E-state index < -0.39 is 0 Å². The Morgan fingerprint density at radius 2 is 2.29 bits per heavy atom. The molecule has 1 aliphatic carbocycles. The van der Waals surface area contributed by atoms with Crippen molar-refractivity contribution in [2.75, 3.05) is 11.1 Å². The van der Waals surface area contributed by atoms with Crippen molar-refractivity contribution in [1.29, 1.82) is 0 Å². The van der Waals surface area contributed by atoms with Crippen molar-refractivity contribution < 1.29 is 0 Å². The molecular formula is C13H18N4. The Labute approximate surface area is 101 Å². The van der Waals surface area contributed by atoms with Crippen molar-refractivity contribution >= 4 is 22.7 Å². The van der Waals surface area contributed by atoms with Crippen molar-refractivity contribution in [2.24, 2.45) is 5.92 Å². The molecule has 1 aromatic heterocycles. The molecule has 4 heteroatoms. The summed E-state index contributed by atoms with van der Waals surface area (Å²) in [4.78, 5) is 7.78. The Bertz CT molecular complexity index is 527. The number of fused-ring (bicyclic) bond motifs is 1. The van der Waals surface area contributed by atoms with Crippen LogP contribution in [0, 0.1) is 5.92 Å². The van der Waals surface area contributed by atoms with Crippen LogP contribution in [0.15, 0.2) is 18.2 Å². The lowest BCUT2D eigenvalue weighted by Crippen LogP contribution is -2.31. The van der Waals surface area contributed by atoms with Crippen LogP contribution < -0.4 is 11.1 Å². The molecule has 1 atom stereocenters. The van der Waals surface area contributed by atoms with E-state index in [2.05, 4.69) is 22.2 Å². The van der Waals surface area contributed by atoms with Gasteiger partial charge >= 0.3 is 0 Å². The summed E-state index contributed by atoms with van der Waals surface area (Å²) in [5.74, 6) is 1.65. The highest BCUT2D eigenvalue weighted by Gasteiger charge is 2.24. The first-order valence-corrected chi connectivity index (χ1v) is 6.24. The van der Waals surface area contributed by atoms with Gasteiger partial charge in [-0.15, -0.1) is 0 Å². The standard InChI is InChI=1S/C13H18N4/c1-8(9-3-2-4-9)15-13-16-11-6-5-10(14)7-12(11)17-13/h5-9H,2-4,14H2,1H3,(H2,15,16,17). The third kappa shape index (κ3) is 1.95. The van der Waals surface area contributed by atoms with Crippen LogP contribution in [-0.4, -0.2) is 16.0 Å². The Kier molecular flexibility index (Phi) is 2.42. The van der Waals surface area contributed by atoms with Crippen molar-refractivity contribution in [2.45, 2.75) is 32.2 Å². The maximum atomic E-state index is 5.75. The second-order valence-electron chi connectivity index (χ2n) is 4.99. The molecule has 90 valence electrons. The van der Waals surface area contributed by atoms with Crippen LogP contribution in [0.5, 0.6) is 0 Å². The monoisotopic (exact) mass is 230 g/mol. The molecule has 1 heterocycles. The zero-order valence-corrected chi connectivity index (χ0v) is 10.0. The number of nitrogens with zero attached hydrogens (tertiary/aromatic N) is 1. The van der Waals surface area contributed by atoms with E-state index in [0.29, 0.717) is 6.04 Å². The fourth-order valence-corrected chi connectivity index (χ4v) is 2.37. The Balaban J connectivity index is 1.80. The van der Waals surface area contributed by atoms with E-state index in [-0.39, 0.29) is 0 Å². The minimum atomic E-state index is 0.488. The number of aromatic amines is 1. The molecule has 0 aliphatic heterocycles. The van der Waals surface area contributed by atoms with Crippen LogP contribution in [0.3, 0.4) is 0 Å². The molecular weight excluding hydrogens is 212 g/mol. The number of nitrogens with one attached hydrogen (secondary N) is 2. The first-order chi connectivity index (χ1) is 8.22. The van der Waals surface area contributed by atoms with Gasteiger partial charge in [-0.3, -0.25) is 0 Å². The van der Waals surface area contributed by atoms with E-state index >= 15 is 0 Å².